The lowest BCUT2D eigenvalue weighted by molar-refractivity contribution is -0.113. The molecule has 0 heterocycles. The lowest BCUT2D eigenvalue weighted by atomic mass is 10.2. The Morgan fingerprint density at radius 2 is 2.09 bits per heavy atom. The maximum atomic E-state index is 10.5. The molecule has 0 aromatic carbocycles. The fourth-order valence-corrected chi connectivity index (χ4v) is 0.348. The molecule has 2 amide bonds. The van der Waals surface area contributed by atoms with Crippen LogP contribution >= 0.6 is 0 Å². The molecule has 60 valence electrons. The molecule has 5 nitrogen and oxygen atoms in total. The minimum absolute atomic E-state index is 0.0659. The molecule has 0 radical (unpaired) electrons. The summed E-state index contributed by atoms with van der Waals surface area (Å²) in [5.41, 5.74) is 4.57. The van der Waals surface area contributed by atoms with Crippen molar-refractivity contribution in [3.63, 3.8) is 0 Å². The number of ketones is 1. The monoisotopic (exact) mass is 156 g/mol. The number of nitrogens with zero attached hydrogens (tertiary/aromatic N) is 1. The molecule has 0 fully saturated rings. The molecule has 0 atom stereocenters. The Balaban J connectivity index is 4.34. The summed E-state index contributed by atoms with van der Waals surface area (Å²) in [6, 6.07) is -0.911. The van der Waals surface area contributed by atoms with E-state index < -0.39 is 11.8 Å². The maximum absolute atomic E-state index is 10.5. The topological polar surface area (TPSA) is 92.8 Å². The lowest BCUT2D eigenvalue weighted by Crippen LogP contribution is -2.06. The van der Waals surface area contributed by atoms with Crippen LogP contribution in [0.3, 0.4) is 0 Å². The number of Topliss-reactive ketones (excluding diaryl/α,β-unsaturated/α-hetero) is 1. The first-order chi connectivity index (χ1) is 5.07. The van der Waals surface area contributed by atoms with E-state index in [-0.39, 0.29) is 5.57 Å². The number of aliphatic hydroxyl groups excluding tert-OH is 1. The Bertz CT molecular complexity index is 230. The average molecular weight is 156 g/mol. The van der Waals surface area contributed by atoms with Crippen molar-refractivity contribution < 1.29 is 14.7 Å². The van der Waals surface area contributed by atoms with Gasteiger partial charge in [0.2, 0.25) is 0 Å². The Morgan fingerprint density at radius 3 is 2.36 bits per heavy atom. The molecule has 0 aliphatic heterocycles. The molecule has 3 N–H and O–H groups in total. The molecular weight excluding hydrogens is 148 g/mol. The van der Waals surface area contributed by atoms with Gasteiger partial charge in [-0.3, -0.25) is 4.79 Å². The van der Waals surface area contributed by atoms with Crippen LogP contribution in [0.4, 0.5) is 4.79 Å². The summed E-state index contributed by atoms with van der Waals surface area (Å²) in [7, 11) is 0. The van der Waals surface area contributed by atoms with Crippen LogP contribution < -0.4 is 5.73 Å². The first-order valence-corrected chi connectivity index (χ1v) is 2.76. The normalized spacial score (nSPS) is 11.9. The number of aliphatic hydroxyl groups is 1. The molecule has 11 heavy (non-hydrogen) atoms. The van der Waals surface area contributed by atoms with Gasteiger partial charge in [-0.05, 0) is 6.92 Å². The fraction of sp³-hybridized carbons (Fsp3) is 0.167. The van der Waals surface area contributed by atoms with Crippen LogP contribution in [-0.4, -0.2) is 23.1 Å². The smallest absolute Gasteiger partial charge is 0.338 e. The van der Waals surface area contributed by atoms with E-state index in [9.17, 15) is 9.59 Å². The molecule has 5 heteroatoms. The second-order valence-electron chi connectivity index (χ2n) is 1.74. The number of aliphatic imine (C=N–C) groups is 1. The van der Waals surface area contributed by atoms with Gasteiger partial charge in [0.25, 0.3) is 0 Å². The van der Waals surface area contributed by atoms with E-state index >= 15 is 0 Å². The van der Waals surface area contributed by atoms with Gasteiger partial charge < -0.3 is 10.8 Å². The van der Waals surface area contributed by atoms with Crippen LogP contribution in [0.15, 0.2) is 16.8 Å². The van der Waals surface area contributed by atoms with Crippen LogP contribution in [0.25, 0.3) is 0 Å². The summed E-state index contributed by atoms with van der Waals surface area (Å²) in [6.45, 7) is 1.23. The average Bonchev–Trinajstić information content (AvgIpc) is 1.87. The predicted molar refractivity (Wildman–Crippen MR) is 39.5 cm³/mol. The number of hydrogen-bond donors (Lipinski definition) is 2. The summed E-state index contributed by atoms with van der Waals surface area (Å²) in [4.78, 5) is 23.6. The molecular formula is C6H8N2O3. The van der Waals surface area contributed by atoms with Gasteiger partial charge in [0, 0.05) is 6.21 Å². The van der Waals surface area contributed by atoms with Crippen LogP contribution in [0.1, 0.15) is 6.92 Å². The minimum atomic E-state index is -0.911. The van der Waals surface area contributed by atoms with E-state index in [4.69, 9.17) is 5.11 Å². The highest BCUT2D eigenvalue weighted by molar-refractivity contribution is 6.13. The van der Waals surface area contributed by atoms with Gasteiger partial charge in [0.1, 0.15) is 0 Å². The van der Waals surface area contributed by atoms with Gasteiger partial charge in [-0.15, -0.1) is 0 Å². The third-order valence-electron chi connectivity index (χ3n) is 0.876. The van der Waals surface area contributed by atoms with Crippen molar-refractivity contribution in [1.82, 2.24) is 0 Å². The molecule has 0 saturated carbocycles. The summed E-state index contributed by atoms with van der Waals surface area (Å²) in [5, 5.41) is 8.38. The van der Waals surface area contributed by atoms with E-state index in [1.165, 1.54) is 6.92 Å². The van der Waals surface area contributed by atoms with Gasteiger partial charge in [0.05, 0.1) is 11.8 Å². The van der Waals surface area contributed by atoms with Gasteiger partial charge in [-0.2, -0.15) is 0 Å². The Kier molecular flexibility index (Phi) is 3.58. The second kappa shape index (κ2) is 4.21. The summed E-state index contributed by atoms with van der Waals surface area (Å²) < 4.78 is 0. The molecule has 0 aromatic rings. The highest BCUT2D eigenvalue weighted by atomic mass is 16.2. The van der Waals surface area contributed by atoms with Crippen molar-refractivity contribution in [2.75, 3.05) is 0 Å². The third-order valence-corrected chi connectivity index (χ3v) is 0.876. The lowest BCUT2D eigenvalue weighted by Gasteiger charge is -1.89. The van der Waals surface area contributed by atoms with Crippen LogP contribution in [-0.2, 0) is 4.79 Å². The second-order valence-corrected chi connectivity index (χ2v) is 1.74. The van der Waals surface area contributed by atoms with Gasteiger partial charge >= 0.3 is 6.03 Å². The van der Waals surface area contributed by atoms with E-state index in [0.29, 0.717) is 6.26 Å². The highest BCUT2D eigenvalue weighted by Gasteiger charge is 1.99. The number of carbonyl (C=O) groups is 2. The van der Waals surface area contributed by atoms with Crippen LogP contribution in [0, 0.1) is 0 Å². The summed E-state index contributed by atoms with van der Waals surface area (Å²) >= 11 is 0. The van der Waals surface area contributed by atoms with Gasteiger partial charge in [-0.25, -0.2) is 9.79 Å². The zero-order chi connectivity index (χ0) is 8.85. The van der Waals surface area contributed by atoms with Gasteiger partial charge in [0.15, 0.2) is 5.78 Å². The zero-order valence-corrected chi connectivity index (χ0v) is 5.94. The van der Waals surface area contributed by atoms with Crippen molar-refractivity contribution in [2.24, 2.45) is 10.7 Å². The number of rotatable bonds is 2. The number of primary amides is 1. The van der Waals surface area contributed by atoms with Crippen LogP contribution in [0.2, 0.25) is 0 Å². The largest absolute Gasteiger partial charge is 0.515 e. The number of urea groups is 1. The number of carbonyl (C=O) groups excluding carboxylic acids is 2. The van der Waals surface area contributed by atoms with Crippen molar-refractivity contribution in [3.8, 4) is 0 Å². The van der Waals surface area contributed by atoms with E-state index in [0.717, 1.165) is 6.21 Å². The molecule has 0 saturated heterocycles. The van der Waals surface area contributed by atoms with E-state index in [2.05, 4.69) is 10.7 Å². The SMILES string of the molecule is CC(=O)C(/C=N/C(N)=O)=C/O. The fourth-order valence-electron chi connectivity index (χ4n) is 0.348. The molecule has 0 unspecified atom stereocenters. The standard InChI is InChI=1S/C6H8N2O3/c1-4(10)5(3-9)2-8-6(7)11/h2-3,9H,1H3,(H2,7,11)/b5-3+,8-2+. The quantitative estimate of drug-likeness (QED) is 0.339. The van der Waals surface area contributed by atoms with Crippen LogP contribution in [0.5, 0.6) is 0 Å². The van der Waals surface area contributed by atoms with Crippen molar-refractivity contribution in [1.29, 1.82) is 0 Å². The molecule has 0 aromatic heterocycles. The van der Waals surface area contributed by atoms with Crippen molar-refractivity contribution >= 4 is 18.0 Å². The number of nitrogens with two attached hydrogens (primary N) is 1. The maximum Gasteiger partial charge on any atom is 0.338 e. The minimum Gasteiger partial charge on any atom is -0.515 e. The Morgan fingerprint density at radius 1 is 1.55 bits per heavy atom. The molecule has 0 aliphatic carbocycles. The third kappa shape index (κ3) is 3.85. The summed E-state index contributed by atoms with van der Waals surface area (Å²) in [5.74, 6) is -0.391. The first-order valence-electron chi connectivity index (χ1n) is 2.76. The first kappa shape index (κ1) is 9.35. The summed E-state index contributed by atoms with van der Waals surface area (Å²) in [6.07, 6.45) is 1.47. The predicted octanol–water partition coefficient (Wildman–Crippen LogP) is 0.167. The molecule has 0 rings (SSSR count). The molecule has 0 aliphatic rings. The van der Waals surface area contributed by atoms with Crippen molar-refractivity contribution in [3.05, 3.63) is 11.8 Å². The highest BCUT2D eigenvalue weighted by Crippen LogP contribution is 1.89. The van der Waals surface area contributed by atoms with E-state index in [1.54, 1.807) is 0 Å². The molecule has 0 bridgehead atoms. The zero-order valence-electron chi connectivity index (χ0n) is 5.94. The Labute approximate surface area is 63.2 Å². The van der Waals surface area contributed by atoms with Crippen molar-refractivity contribution in [2.45, 2.75) is 6.92 Å². The van der Waals surface area contributed by atoms with E-state index in [1.807, 2.05) is 0 Å². The molecule has 0 spiro atoms. The Hall–Kier alpha value is -1.65. The number of hydrogen-bond acceptors (Lipinski definition) is 3. The number of allylic oxidation sites excluding steroid dienone is 1. The van der Waals surface area contributed by atoms with Gasteiger partial charge in [-0.1, -0.05) is 0 Å². The number of amides is 2.